The zero-order valence-electron chi connectivity index (χ0n) is 14.6. The van der Waals surface area contributed by atoms with E-state index >= 15 is 0 Å². The van der Waals surface area contributed by atoms with Crippen molar-refractivity contribution in [1.82, 2.24) is 5.32 Å². The van der Waals surface area contributed by atoms with Crippen LogP contribution in [0.5, 0.6) is 0 Å². The van der Waals surface area contributed by atoms with E-state index in [0.29, 0.717) is 31.8 Å². The van der Waals surface area contributed by atoms with Crippen molar-refractivity contribution in [2.24, 2.45) is 10.7 Å². The summed E-state index contributed by atoms with van der Waals surface area (Å²) in [5.74, 6) is 0.518. The summed E-state index contributed by atoms with van der Waals surface area (Å²) in [6.45, 7) is 1.64. The fourth-order valence-electron chi connectivity index (χ4n) is 3.86. The Bertz CT molecular complexity index is 569. The van der Waals surface area contributed by atoms with Gasteiger partial charge in [-0.1, -0.05) is 43.5 Å². The van der Waals surface area contributed by atoms with Gasteiger partial charge in [0, 0.05) is 13.2 Å². The van der Waals surface area contributed by atoms with Crippen LogP contribution >= 0.6 is 0 Å². The molecule has 3 N–H and O–H groups in total. The largest absolute Gasteiger partial charge is 0.381 e. The SMILES string of the molecule is COCC1(CN=C(N)NC2CCCCC2)OCCc2ccccc21. The Balaban J connectivity index is 1.73. The molecule has 1 aliphatic carbocycles. The average Bonchev–Trinajstić information content (AvgIpc) is 2.62. The third-order valence-electron chi connectivity index (χ3n) is 5.10. The van der Waals surface area contributed by atoms with Gasteiger partial charge in [0.05, 0.1) is 19.8 Å². The highest BCUT2D eigenvalue weighted by Gasteiger charge is 2.38. The maximum atomic E-state index is 6.16. The molecule has 24 heavy (non-hydrogen) atoms. The summed E-state index contributed by atoms with van der Waals surface area (Å²) in [4.78, 5) is 4.61. The standard InChI is InChI=1S/C19H29N3O2/c1-23-14-19(17-10-6-5-7-15(17)11-12-24-19)13-21-18(20)22-16-8-3-2-4-9-16/h5-7,10,16H,2-4,8-9,11-14H2,1H3,(H3,20,21,22). The monoisotopic (exact) mass is 331 g/mol. The first-order valence-electron chi connectivity index (χ1n) is 9.01. The molecule has 1 aromatic rings. The highest BCUT2D eigenvalue weighted by molar-refractivity contribution is 5.78. The first kappa shape index (κ1) is 17.2. The fourth-order valence-corrected chi connectivity index (χ4v) is 3.86. The predicted octanol–water partition coefficient (Wildman–Crippen LogP) is 2.34. The summed E-state index contributed by atoms with van der Waals surface area (Å²) in [7, 11) is 1.70. The number of guanidine groups is 1. The lowest BCUT2D eigenvalue weighted by Gasteiger charge is -2.37. The number of aliphatic imine (C=N–C) groups is 1. The van der Waals surface area contributed by atoms with E-state index in [1.54, 1.807) is 7.11 Å². The van der Waals surface area contributed by atoms with Crippen molar-refractivity contribution in [2.45, 2.75) is 50.2 Å². The molecule has 1 unspecified atom stereocenters. The van der Waals surface area contributed by atoms with Crippen LogP contribution in [-0.4, -0.2) is 38.9 Å². The highest BCUT2D eigenvalue weighted by atomic mass is 16.5. The number of ether oxygens (including phenoxy) is 2. The molecule has 1 atom stereocenters. The van der Waals surface area contributed by atoms with Gasteiger partial charge in [-0.2, -0.15) is 0 Å². The molecule has 1 aromatic carbocycles. The number of fused-ring (bicyclic) bond motifs is 1. The lowest BCUT2D eigenvalue weighted by atomic mass is 9.86. The van der Waals surface area contributed by atoms with E-state index in [1.807, 2.05) is 6.07 Å². The number of nitrogens with two attached hydrogens (primary N) is 1. The van der Waals surface area contributed by atoms with Crippen molar-refractivity contribution in [3.63, 3.8) is 0 Å². The molecule has 3 rings (SSSR count). The van der Waals surface area contributed by atoms with Crippen molar-refractivity contribution >= 4 is 5.96 Å². The minimum atomic E-state index is -0.539. The quantitative estimate of drug-likeness (QED) is 0.642. The van der Waals surface area contributed by atoms with Crippen molar-refractivity contribution in [3.8, 4) is 0 Å². The lowest BCUT2D eigenvalue weighted by Crippen LogP contribution is -2.45. The van der Waals surface area contributed by atoms with Crippen LogP contribution in [0.15, 0.2) is 29.3 Å². The molecule has 1 saturated carbocycles. The second-order valence-corrected chi connectivity index (χ2v) is 6.86. The first-order chi connectivity index (χ1) is 11.7. The maximum Gasteiger partial charge on any atom is 0.188 e. The van der Waals surface area contributed by atoms with E-state index in [-0.39, 0.29) is 0 Å². The number of methoxy groups -OCH3 is 1. The number of nitrogens with zero attached hydrogens (tertiary/aromatic N) is 1. The Hall–Kier alpha value is -1.59. The molecule has 1 aliphatic heterocycles. The van der Waals surface area contributed by atoms with Crippen LogP contribution in [0.1, 0.15) is 43.2 Å². The molecule has 2 aliphatic rings. The molecule has 0 aromatic heterocycles. The summed E-state index contributed by atoms with van der Waals surface area (Å²) >= 11 is 0. The van der Waals surface area contributed by atoms with Gasteiger partial charge < -0.3 is 20.5 Å². The Kier molecular flexibility index (Phi) is 5.74. The third-order valence-corrected chi connectivity index (χ3v) is 5.10. The lowest BCUT2D eigenvalue weighted by molar-refractivity contribution is -0.0960. The van der Waals surface area contributed by atoms with E-state index in [9.17, 15) is 0 Å². The Morgan fingerprint density at radius 3 is 2.92 bits per heavy atom. The molecule has 132 valence electrons. The van der Waals surface area contributed by atoms with Crippen LogP contribution in [-0.2, 0) is 21.5 Å². The van der Waals surface area contributed by atoms with E-state index < -0.39 is 5.60 Å². The Morgan fingerprint density at radius 2 is 2.12 bits per heavy atom. The summed E-state index contributed by atoms with van der Waals surface area (Å²) < 4.78 is 11.6. The van der Waals surface area contributed by atoms with E-state index in [1.165, 1.54) is 43.2 Å². The van der Waals surface area contributed by atoms with Crippen LogP contribution in [0.2, 0.25) is 0 Å². The van der Waals surface area contributed by atoms with Gasteiger partial charge >= 0.3 is 0 Å². The van der Waals surface area contributed by atoms with Crippen LogP contribution < -0.4 is 11.1 Å². The van der Waals surface area contributed by atoms with E-state index in [0.717, 1.165) is 6.42 Å². The van der Waals surface area contributed by atoms with E-state index in [2.05, 4.69) is 28.5 Å². The second-order valence-electron chi connectivity index (χ2n) is 6.86. The molecule has 0 saturated heterocycles. The topological polar surface area (TPSA) is 68.9 Å². The molecule has 0 spiro atoms. The van der Waals surface area contributed by atoms with Crippen molar-refractivity contribution in [1.29, 1.82) is 0 Å². The molecule has 1 heterocycles. The molecule has 5 nitrogen and oxygen atoms in total. The molecule has 5 heteroatoms. The molecule has 1 fully saturated rings. The zero-order chi connectivity index (χ0) is 16.8. The van der Waals surface area contributed by atoms with Crippen molar-refractivity contribution in [2.75, 3.05) is 26.9 Å². The number of nitrogens with one attached hydrogen (secondary N) is 1. The average molecular weight is 331 g/mol. The maximum absolute atomic E-state index is 6.16. The van der Waals surface area contributed by atoms with Crippen LogP contribution in [0.25, 0.3) is 0 Å². The van der Waals surface area contributed by atoms with Gasteiger partial charge in [-0.3, -0.25) is 0 Å². The van der Waals surface area contributed by atoms with Gasteiger partial charge in [-0.05, 0) is 30.4 Å². The minimum absolute atomic E-state index is 0.459. The molecular weight excluding hydrogens is 302 g/mol. The van der Waals surface area contributed by atoms with Crippen molar-refractivity contribution in [3.05, 3.63) is 35.4 Å². The number of benzene rings is 1. The van der Waals surface area contributed by atoms with Gasteiger partial charge in [0.25, 0.3) is 0 Å². The third kappa shape index (κ3) is 3.90. The van der Waals surface area contributed by atoms with Gasteiger partial charge in [0.15, 0.2) is 5.96 Å². The van der Waals surface area contributed by atoms with Crippen LogP contribution in [0, 0.1) is 0 Å². The Morgan fingerprint density at radius 1 is 1.33 bits per heavy atom. The van der Waals surface area contributed by atoms with E-state index in [4.69, 9.17) is 15.2 Å². The summed E-state index contributed by atoms with van der Waals surface area (Å²) in [6.07, 6.45) is 7.17. The predicted molar refractivity (Wildman–Crippen MR) is 96.2 cm³/mol. The second kappa shape index (κ2) is 7.99. The normalized spacial score (nSPS) is 25.3. The minimum Gasteiger partial charge on any atom is -0.381 e. The fraction of sp³-hybridized carbons (Fsp3) is 0.632. The first-order valence-corrected chi connectivity index (χ1v) is 9.01. The summed E-state index contributed by atoms with van der Waals surface area (Å²) in [5.41, 5.74) is 8.09. The zero-order valence-corrected chi connectivity index (χ0v) is 14.6. The molecule has 0 amide bonds. The summed E-state index contributed by atoms with van der Waals surface area (Å²) in [6, 6.07) is 8.86. The highest BCUT2D eigenvalue weighted by Crippen LogP contribution is 2.34. The van der Waals surface area contributed by atoms with Crippen molar-refractivity contribution < 1.29 is 9.47 Å². The molecule has 0 bridgehead atoms. The van der Waals surface area contributed by atoms with Crippen LogP contribution in [0.4, 0.5) is 0 Å². The van der Waals surface area contributed by atoms with Gasteiger partial charge in [-0.15, -0.1) is 0 Å². The number of rotatable bonds is 5. The van der Waals surface area contributed by atoms with Gasteiger partial charge in [0.2, 0.25) is 0 Å². The van der Waals surface area contributed by atoms with Gasteiger partial charge in [-0.25, -0.2) is 4.99 Å². The number of hydrogen-bond donors (Lipinski definition) is 2. The smallest absolute Gasteiger partial charge is 0.188 e. The number of hydrogen-bond acceptors (Lipinski definition) is 3. The molecular formula is C19H29N3O2. The van der Waals surface area contributed by atoms with Crippen LogP contribution in [0.3, 0.4) is 0 Å². The summed E-state index contributed by atoms with van der Waals surface area (Å²) in [5, 5.41) is 3.37. The van der Waals surface area contributed by atoms with Gasteiger partial charge in [0.1, 0.15) is 5.60 Å². The molecule has 0 radical (unpaired) electrons. The Labute approximate surface area is 144 Å².